The summed E-state index contributed by atoms with van der Waals surface area (Å²) in [6.07, 6.45) is 6.13. The van der Waals surface area contributed by atoms with Gasteiger partial charge in [0.1, 0.15) is 5.82 Å². The fourth-order valence-corrected chi connectivity index (χ4v) is 5.22. The van der Waals surface area contributed by atoms with Crippen molar-refractivity contribution in [2.45, 2.75) is 30.7 Å². The molecule has 2 aliphatic heterocycles. The first-order valence-corrected chi connectivity index (χ1v) is 12.4. The number of nitrogens with zero attached hydrogens (tertiary/aromatic N) is 5. The van der Waals surface area contributed by atoms with E-state index in [1.165, 1.54) is 17.0 Å². The van der Waals surface area contributed by atoms with Crippen LogP contribution < -0.4 is 9.62 Å². The van der Waals surface area contributed by atoms with E-state index in [-0.39, 0.29) is 11.4 Å². The molecule has 170 valence electrons. The lowest BCUT2D eigenvalue weighted by molar-refractivity contribution is 0.198. The Morgan fingerprint density at radius 3 is 2.39 bits per heavy atom. The quantitative estimate of drug-likeness (QED) is 0.632. The SMILES string of the molecule is O=C(NS(=O)(=O)c1ccccc1)N1CCc2nc(-c3ccncc3)nc(N3CCCC3)c2C1. The number of nitrogens with one attached hydrogen (secondary N) is 1. The number of anilines is 1. The van der Waals surface area contributed by atoms with Gasteiger partial charge in [0.25, 0.3) is 10.0 Å². The fourth-order valence-electron chi connectivity index (χ4n) is 4.23. The number of carbonyl (C=O) groups is 1. The van der Waals surface area contributed by atoms with Crippen LogP contribution in [0.25, 0.3) is 11.4 Å². The van der Waals surface area contributed by atoms with Crippen LogP contribution in [0.2, 0.25) is 0 Å². The zero-order valence-corrected chi connectivity index (χ0v) is 18.8. The first-order chi connectivity index (χ1) is 16.0. The van der Waals surface area contributed by atoms with E-state index in [9.17, 15) is 13.2 Å². The maximum Gasteiger partial charge on any atom is 0.331 e. The summed E-state index contributed by atoms with van der Waals surface area (Å²) >= 11 is 0. The van der Waals surface area contributed by atoms with Crippen molar-refractivity contribution < 1.29 is 13.2 Å². The molecule has 1 N–H and O–H groups in total. The number of benzene rings is 1. The normalized spacial score (nSPS) is 15.9. The van der Waals surface area contributed by atoms with Crippen LogP contribution >= 0.6 is 0 Å². The molecule has 1 saturated heterocycles. The minimum atomic E-state index is -3.94. The highest BCUT2D eigenvalue weighted by atomic mass is 32.2. The molecule has 2 aromatic heterocycles. The number of hydrogen-bond donors (Lipinski definition) is 1. The Balaban J connectivity index is 1.44. The molecule has 0 spiro atoms. The van der Waals surface area contributed by atoms with E-state index in [0.29, 0.717) is 18.8 Å². The summed E-state index contributed by atoms with van der Waals surface area (Å²) in [6, 6.07) is 11.0. The summed E-state index contributed by atoms with van der Waals surface area (Å²) in [6.45, 7) is 2.42. The molecule has 33 heavy (non-hydrogen) atoms. The third-order valence-corrected chi connectivity index (χ3v) is 7.28. The molecule has 3 aromatic rings. The highest BCUT2D eigenvalue weighted by Crippen LogP contribution is 2.31. The largest absolute Gasteiger partial charge is 0.356 e. The molecule has 0 atom stereocenters. The minimum absolute atomic E-state index is 0.0545. The van der Waals surface area contributed by atoms with Crippen molar-refractivity contribution in [3.8, 4) is 11.4 Å². The van der Waals surface area contributed by atoms with Crippen LogP contribution in [-0.4, -0.2) is 53.9 Å². The number of fused-ring (bicyclic) bond motifs is 1. The van der Waals surface area contributed by atoms with Gasteiger partial charge >= 0.3 is 6.03 Å². The first kappa shape index (κ1) is 21.3. The number of amides is 2. The number of aromatic nitrogens is 3. The summed E-state index contributed by atoms with van der Waals surface area (Å²) in [5, 5.41) is 0. The number of sulfonamides is 1. The summed E-state index contributed by atoms with van der Waals surface area (Å²) in [4.78, 5) is 30.4. The van der Waals surface area contributed by atoms with Crippen LogP contribution in [-0.2, 0) is 23.0 Å². The minimum Gasteiger partial charge on any atom is -0.356 e. The zero-order chi connectivity index (χ0) is 22.8. The summed E-state index contributed by atoms with van der Waals surface area (Å²) in [5.74, 6) is 1.47. The van der Waals surface area contributed by atoms with Crippen LogP contribution in [0.3, 0.4) is 0 Å². The zero-order valence-electron chi connectivity index (χ0n) is 18.0. The molecule has 2 aliphatic rings. The third kappa shape index (κ3) is 4.38. The Kier molecular flexibility index (Phi) is 5.67. The van der Waals surface area contributed by atoms with Gasteiger partial charge in [-0.25, -0.2) is 27.9 Å². The van der Waals surface area contributed by atoms with Gasteiger partial charge in [0.05, 0.1) is 17.1 Å². The van der Waals surface area contributed by atoms with E-state index in [1.807, 2.05) is 12.1 Å². The molecule has 0 unspecified atom stereocenters. The van der Waals surface area contributed by atoms with Crippen molar-refractivity contribution in [1.29, 1.82) is 0 Å². The molecule has 0 aliphatic carbocycles. The van der Waals surface area contributed by atoms with Crippen molar-refractivity contribution in [2.24, 2.45) is 0 Å². The van der Waals surface area contributed by atoms with Crippen LogP contribution in [0.1, 0.15) is 24.1 Å². The van der Waals surface area contributed by atoms with Gasteiger partial charge < -0.3 is 9.80 Å². The Morgan fingerprint density at radius 2 is 1.67 bits per heavy atom. The molecule has 0 radical (unpaired) electrons. The highest BCUT2D eigenvalue weighted by molar-refractivity contribution is 7.90. The average molecular weight is 465 g/mol. The number of urea groups is 1. The number of hydrogen-bond acceptors (Lipinski definition) is 7. The first-order valence-electron chi connectivity index (χ1n) is 10.9. The Morgan fingerprint density at radius 1 is 0.939 bits per heavy atom. The van der Waals surface area contributed by atoms with E-state index >= 15 is 0 Å². The molecule has 9 nitrogen and oxygen atoms in total. The summed E-state index contributed by atoms with van der Waals surface area (Å²) in [7, 11) is -3.94. The van der Waals surface area contributed by atoms with Crippen LogP contribution in [0.15, 0.2) is 59.8 Å². The molecule has 1 fully saturated rings. The van der Waals surface area contributed by atoms with Gasteiger partial charge in [-0.3, -0.25) is 4.98 Å². The van der Waals surface area contributed by atoms with Crippen molar-refractivity contribution in [3.05, 3.63) is 66.1 Å². The lowest BCUT2D eigenvalue weighted by atomic mass is 10.1. The van der Waals surface area contributed by atoms with Gasteiger partial charge in [0.15, 0.2) is 5.82 Å². The van der Waals surface area contributed by atoms with Crippen molar-refractivity contribution in [3.63, 3.8) is 0 Å². The maximum atomic E-state index is 12.9. The monoisotopic (exact) mass is 464 g/mol. The number of carbonyl (C=O) groups excluding carboxylic acids is 1. The summed E-state index contributed by atoms with van der Waals surface area (Å²) < 4.78 is 27.4. The average Bonchev–Trinajstić information content (AvgIpc) is 3.39. The van der Waals surface area contributed by atoms with E-state index in [1.54, 1.807) is 30.6 Å². The maximum absolute atomic E-state index is 12.9. The van der Waals surface area contributed by atoms with Gasteiger partial charge in [0.2, 0.25) is 0 Å². The van der Waals surface area contributed by atoms with Gasteiger partial charge in [-0.2, -0.15) is 0 Å². The smallest absolute Gasteiger partial charge is 0.331 e. The van der Waals surface area contributed by atoms with Gasteiger partial charge in [-0.05, 0) is 37.1 Å². The lowest BCUT2D eigenvalue weighted by Crippen LogP contribution is -2.45. The molecule has 10 heteroatoms. The summed E-state index contributed by atoms with van der Waals surface area (Å²) in [5.41, 5.74) is 2.67. The molecule has 0 bridgehead atoms. The second kappa shape index (κ2) is 8.78. The predicted molar refractivity (Wildman–Crippen MR) is 123 cm³/mol. The molecular formula is C23H24N6O3S. The lowest BCUT2D eigenvalue weighted by Gasteiger charge is -2.31. The van der Waals surface area contributed by atoms with E-state index < -0.39 is 16.1 Å². The number of rotatable bonds is 4. The molecular weight excluding hydrogens is 440 g/mol. The van der Waals surface area contributed by atoms with Crippen molar-refractivity contribution in [2.75, 3.05) is 24.5 Å². The van der Waals surface area contributed by atoms with E-state index in [0.717, 1.165) is 48.6 Å². The molecule has 5 rings (SSSR count). The Labute approximate surface area is 192 Å². The van der Waals surface area contributed by atoms with Gasteiger partial charge in [-0.1, -0.05) is 18.2 Å². The van der Waals surface area contributed by atoms with E-state index in [4.69, 9.17) is 9.97 Å². The second-order valence-corrected chi connectivity index (χ2v) is 9.80. The van der Waals surface area contributed by atoms with E-state index in [2.05, 4.69) is 14.6 Å². The fraction of sp³-hybridized carbons (Fsp3) is 0.304. The van der Waals surface area contributed by atoms with Crippen molar-refractivity contribution >= 4 is 21.9 Å². The van der Waals surface area contributed by atoms with Crippen molar-refractivity contribution in [1.82, 2.24) is 24.6 Å². The van der Waals surface area contributed by atoms with Gasteiger partial charge in [0, 0.05) is 49.6 Å². The Hall–Kier alpha value is -3.53. The molecule has 0 saturated carbocycles. The molecule has 1 aromatic carbocycles. The van der Waals surface area contributed by atoms with Crippen LogP contribution in [0.5, 0.6) is 0 Å². The highest BCUT2D eigenvalue weighted by Gasteiger charge is 2.30. The van der Waals surface area contributed by atoms with Crippen LogP contribution in [0.4, 0.5) is 10.6 Å². The molecule has 2 amide bonds. The van der Waals surface area contributed by atoms with Crippen LogP contribution in [0, 0.1) is 0 Å². The standard InChI is InChI=1S/C23H24N6O3S/c30-23(27-33(31,32)18-6-2-1-3-7-18)29-15-10-20-19(16-29)22(28-13-4-5-14-28)26-21(25-20)17-8-11-24-12-9-17/h1-3,6-9,11-12H,4-5,10,13-16H2,(H,27,30). The third-order valence-electron chi connectivity index (χ3n) is 5.94. The predicted octanol–water partition coefficient (Wildman–Crippen LogP) is 2.60. The number of pyridine rings is 1. The second-order valence-electron chi connectivity index (χ2n) is 8.12. The van der Waals surface area contributed by atoms with Gasteiger partial charge in [-0.15, -0.1) is 0 Å². The topological polar surface area (TPSA) is 108 Å². The molecule has 4 heterocycles. The Bertz CT molecular complexity index is 1260.